The van der Waals surface area contributed by atoms with Crippen LogP contribution in [-0.4, -0.2) is 42.9 Å². The van der Waals surface area contributed by atoms with Crippen molar-refractivity contribution in [2.75, 3.05) is 32.8 Å². The first-order chi connectivity index (χ1) is 10.2. The first kappa shape index (κ1) is 16.3. The van der Waals surface area contributed by atoms with Crippen LogP contribution in [0.5, 0.6) is 5.75 Å². The summed E-state index contributed by atoms with van der Waals surface area (Å²) in [5.41, 5.74) is 2.44. The fraction of sp³-hybridized carbons (Fsp3) is 0.667. The van der Waals surface area contributed by atoms with E-state index < -0.39 is 0 Å². The Labute approximate surface area is 128 Å². The van der Waals surface area contributed by atoms with E-state index in [1.54, 1.807) is 0 Å². The largest absolute Gasteiger partial charge is 0.493 e. The lowest BCUT2D eigenvalue weighted by Crippen LogP contribution is -2.36. The second kappa shape index (κ2) is 8.40. The van der Waals surface area contributed by atoms with E-state index in [0.29, 0.717) is 12.5 Å². The Morgan fingerprint density at radius 2 is 2.05 bits per heavy atom. The number of hydrogen-bond donors (Lipinski definition) is 1. The monoisotopic (exact) mass is 291 g/mol. The number of ether oxygens (including phenoxy) is 1. The summed E-state index contributed by atoms with van der Waals surface area (Å²) in [4.78, 5) is 2.53. The first-order valence-electron chi connectivity index (χ1n) is 8.23. The number of piperidine rings is 1. The van der Waals surface area contributed by atoms with Crippen LogP contribution in [0.2, 0.25) is 0 Å². The normalized spacial score (nSPS) is 19.7. The molecule has 0 radical (unpaired) electrons. The Bertz CT molecular complexity index is 411. The van der Waals surface area contributed by atoms with E-state index in [1.807, 2.05) is 0 Å². The van der Waals surface area contributed by atoms with Crippen LogP contribution in [0, 0.1) is 19.8 Å². The third-order valence-corrected chi connectivity index (χ3v) is 4.41. The molecule has 1 N–H and O–H groups in total. The Morgan fingerprint density at radius 3 is 2.76 bits per heavy atom. The summed E-state index contributed by atoms with van der Waals surface area (Å²) in [5.74, 6) is 1.73. The molecule has 3 nitrogen and oxygen atoms in total. The van der Waals surface area contributed by atoms with Gasteiger partial charge in [0, 0.05) is 19.7 Å². The van der Waals surface area contributed by atoms with Crippen LogP contribution in [-0.2, 0) is 0 Å². The summed E-state index contributed by atoms with van der Waals surface area (Å²) < 4.78 is 5.97. The molecule has 1 aromatic carbocycles. The molecule has 1 saturated heterocycles. The van der Waals surface area contributed by atoms with Crippen molar-refractivity contribution >= 4 is 0 Å². The summed E-state index contributed by atoms with van der Waals surface area (Å²) in [6, 6.07) is 6.28. The molecule has 1 aromatic rings. The van der Waals surface area contributed by atoms with E-state index in [0.717, 1.165) is 38.3 Å². The van der Waals surface area contributed by atoms with Gasteiger partial charge in [-0.15, -0.1) is 0 Å². The molecule has 118 valence electrons. The van der Waals surface area contributed by atoms with Crippen LogP contribution < -0.4 is 4.74 Å². The second-order valence-electron chi connectivity index (χ2n) is 6.24. The predicted molar refractivity (Wildman–Crippen MR) is 86.9 cm³/mol. The second-order valence-corrected chi connectivity index (χ2v) is 6.24. The average Bonchev–Trinajstić information content (AvgIpc) is 2.47. The van der Waals surface area contributed by atoms with Gasteiger partial charge in [0.05, 0.1) is 6.61 Å². The number of benzene rings is 1. The van der Waals surface area contributed by atoms with Crippen LogP contribution in [0.25, 0.3) is 0 Å². The molecule has 3 heteroatoms. The lowest BCUT2D eigenvalue weighted by molar-refractivity contribution is 0.140. The fourth-order valence-electron chi connectivity index (χ4n) is 3.26. The van der Waals surface area contributed by atoms with Gasteiger partial charge in [-0.3, -0.25) is 0 Å². The third-order valence-electron chi connectivity index (χ3n) is 4.41. The smallest absolute Gasteiger partial charge is 0.125 e. The zero-order chi connectivity index (χ0) is 15.1. The van der Waals surface area contributed by atoms with E-state index in [1.165, 1.54) is 30.5 Å². The number of para-hydroxylation sites is 1. The fourth-order valence-corrected chi connectivity index (χ4v) is 3.26. The lowest BCUT2D eigenvalue weighted by atomic mass is 9.95. The number of likely N-dealkylation sites (tertiary alicyclic amines) is 1. The number of aliphatic hydroxyl groups is 1. The number of hydrogen-bond acceptors (Lipinski definition) is 3. The Hall–Kier alpha value is -1.06. The number of aryl methyl sites for hydroxylation is 2. The van der Waals surface area contributed by atoms with E-state index in [9.17, 15) is 0 Å². The quantitative estimate of drug-likeness (QED) is 0.783. The Balaban J connectivity index is 1.70. The van der Waals surface area contributed by atoms with Crippen molar-refractivity contribution in [3.63, 3.8) is 0 Å². The summed E-state index contributed by atoms with van der Waals surface area (Å²) in [6.45, 7) is 8.77. The van der Waals surface area contributed by atoms with Gasteiger partial charge >= 0.3 is 0 Å². The van der Waals surface area contributed by atoms with E-state index in [2.05, 4.69) is 36.9 Å². The van der Waals surface area contributed by atoms with Crippen molar-refractivity contribution in [3.8, 4) is 5.75 Å². The molecule has 0 amide bonds. The SMILES string of the molecule is Cc1cccc(C)c1OCCCN1CCCC(CCO)C1. The summed E-state index contributed by atoms with van der Waals surface area (Å²) in [7, 11) is 0. The molecule has 21 heavy (non-hydrogen) atoms. The molecular weight excluding hydrogens is 262 g/mol. The van der Waals surface area contributed by atoms with Crippen molar-refractivity contribution in [1.82, 2.24) is 4.90 Å². The molecular formula is C18H29NO2. The molecule has 1 aliphatic rings. The highest BCUT2D eigenvalue weighted by molar-refractivity contribution is 5.39. The highest BCUT2D eigenvalue weighted by atomic mass is 16.5. The predicted octanol–water partition coefficient (Wildman–Crippen LogP) is 3.17. The molecule has 1 atom stereocenters. The van der Waals surface area contributed by atoms with Crippen LogP contribution >= 0.6 is 0 Å². The first-order valence-corrected chi connectivity index (χ1v) is 8.23. The standard InChI is InChI=1S/C18H29NO2/c1-15-6-3-7-16(2)18(15)21-13-5-11-19-10-4-8-17(14-19)9-12-20/h3,6-7,17,20H,4-5,8-14H2,1-2H3. The highest BCUT2D eigenvalue weighted by Crippen LogP contribution is 2.23. The topological polar surface area (TPSA) is 32.7 Å². The molecule has 0 aliphatic carbocycles. The van der Waals surface area contributed by atoms with Gasteiger partial charge in [-0.25, -0.2) is 0 Å². The zero-order valence-electron chi connectivity index (χ0n) is 13.5. The molecule has 1 fully saturated rings. The molecule has 0 saturated carbocycles. The van der Waals surface area contributed by atoms with Gasteiger partial charge < -0.3 is 14.7 Å². The zero-order valence-corrected chi connectivity index (χ0v) is 13.5. The number of aliphatic hydroxyl groups excluding tert-OH is 1. The maximum Gasteiger partial charge on any atom is 0.125 e. The van der Waals surface area contributed by atoms with Crippen LogP contribution in [0.15, 0.2) is 18.2 Å². The minimum absolute atomic E-state index is 0.328. The molecule has 0 aromatic heterocycles. The number of nitrogens with zero attached hydrogens (tertiary/aromatic N) is 1. The Morgan fingerprint density at radius 1 is 1.29 bits per heavy atom. The van der Waals surface area contributed by atoms with Crippen molar-refractivity contribution < 1.29 is 9.84 Å². The lowest BCUT2D eigenvalue weighted by Gasteiger charge is -2.32. The summed E-state index contributed by atoms with van der Waals surface area (Å²) in [6.07, 6.45) is 4.56. The van der Waals surface area contributed by atoms with Gasteiger partial charge in [0.1, 0.15) is 5.75 Å². The minimum atomic E-state index is 0.328. The van der Waals surface area contributed by atoms with Gasteiger partial charge in [-0.1, -0.05) is 18.2 Å². The highest BCUT2D eigenvalue weighted by Gasteiger charge is 2.18. The average molecular weight is 291 g/mol. The van der Waals surface area contributed by atoms with Gasteiger partial charge in [-0.2, -0.15) is 0 Å². The molecule has 1 aliphatic heterocycles. The molecule has 1 heterocycles. The van der Waals surface area contributed by atoms with Gasteiger partial charge in [0.15, 0.2) is 0 Å². The van der Waals surface area contributed by atoms with Crippen LogP contribution in [0.4, 0.5) is 0 Å². The van der Waals surface area contributed by atoms with E-state index in [-0.39, 0.29) is 0 Å². The van der Waals surface area contributed by atoms with E-state index >= 15 is 0 Å². The minimum Gasteiger partial charge on any atom is -0.493 e. The van der Waals surface area contributed by atoms with Crippen LogP contribution in [0.3, 0.4) is 0 Å². The van der Waals surface area contributed by atoms with Crippen molar-refractivity contribution in [3.05, 3.63) is 29.3 Å². The van der Waals surface area contributed by atoms with Crippen LogP contribution in [0.1, 0.15) is 36.8 Å². The van der Waals surface area contributed by atoms with Crippen molar-refractivity contribution in [1.29, 1.82) is 0 Å². The Kier molecular flexibility index (Phi) is 6.52. The van der Waals surface area contributed by atoms with Crippen molar-refractivity contribution in [2.45, 2.75) is 39.5 Å². The number of rotatable bonds is 7. The van der Waals surface area contributed by atoms with Crippen molar-refractivity contribution in [2.24, 2.45) is 5.92 Å². The van der Waals surface area contributed by atoms with Gasteiger partial charge in [0.25, 0.3) is 0 Å². The van der Waals surface area contributed by atoms with Gasteiger partial charge in [-0.05, 0) is 63.1 Å². The molecule has 0 bridgehead atoms. The summed E-state index contributed by atoms with van der Waals surface area (Å²) >= 11 is 0. The third kappa shape index (κ3) is 5.01. The maximum atomic E-state index is 9.06. The molecule has 2 rings (SSSR count). The molecule has 0 spiro atoms. The van der Waals surface area contributed by atoms with Gasteiger partial charge in [0.2, 0.25) is 0 Å². The van der Waals surface area contributed by atoms with E-state index in [4.69, 9.17) is 9.84 Å². The molecule has 1 unspecified atom stereocenters. The maximum absolute atomic E-state index is 9.06. The summed E-state index contributed by atoms with van der Waals surface area (Å²) in [5, 5.41) is 9.06.